The van der Waals surface area contributed by atoms with Crippen LogP contribution in [-0.2, 0) is 6.54 Å². The van der Waals surface area contributed by atoms with Crippen molar-refractivity contribution in [1.82, 2.24) is 25.1 Å². The van der Waals surface area contributed by atoms with Crippen LogP contribution in [-0.4, -0.2) is 39.2 Å². The van der Waals surface area contributed by atoms with Gasteiger partial charge in [-0.3, -0.25) is 5.10 Å². The second kappa shape index (κ2) is 4.71. The summed E-state index contributed by atoms with van der Waals surface area (Å²) in [5.74, 6) is 0.853. The number of hydrogen-bond acceptors (Lipinski definition) is 5. The number of aromatic amines is 1. The van der Waals surface area contributed by atoms with Crippen LogP contribution in [0.25, 0.3) is 20.7 Å². The fraction of sp³-hybridized carbons (Fsp3) is 0.308. The molecule has 0 amide bonds. The van der Waals surface area contributed by atoms with Crippen LogP contribution < -0.4 is 0 Å². The van der Waals surface area contributed by atoms with E-state index in [4.69, 9.17) is 0 Å². The third kappa shape index (κ3) is 2.36. The van der Waals surface area contributed by atoms with Crippen LogP contribution in [0.15, 0.2) is 18.5 Å². The third-order valence-electron chi connectivity index (χ3n) is 2.87. The van der Waals surface area contributed by atoms with E-state index in [1.807, 2.05) is 33.4 Å². The van der Waals surface area contributed by atoms with Gasteiger partial charge >= 0.3 is 0 Å². The van der Waals surface area contributed by atoms with Crippen molar-refractivity contribution in [3.05, 3.63) is 30.0 Å². The third-order valence-corrected chi connectivity index (χ3v) is 3.97. The predicted molar refractivity (Wildman–Crippen MR) is 77.1 cm³/mol. The summed E-state index contributed by atoms with van der Waals surface area (Å²) >= 11 is 1.70. The van der Waals surface area contributed by atoms with E-state index in [1.165, 1.54) is 4.88 Å². The molecular formula is C13H15N5S. The molecule has 0 aromatic carbocycles. The van der Waals surface area contributed by atoms with Crippen LogP contribution in [0.4, 0.5) is 0 Å². The van der Waals surface area contributed by atoms with Gasteiger partial charge in [-0.2, -0.15) is 5.10 Å². The zero-order chi connectivity index (χ0) is 13.4. The van der Waals surface area contributed by atoms with Gasteiger partial charge in [0.1, 0.15) is 5.82 Å². The SMILES string of the molecule is Cc1[nH]ncc1-c1cc2nc(CN(C)C)ncc2s1. The molecule has 3 aromatic heterocycles. The first kappa shape index (κ1) is 12.3. The Hall–Kier alpha value is -1.79. The predicted octanol–water partition coefficient (Wildman–Crippen LogP) is 2.45. The molecule has 3 aromatic rings. The molecule has 3 rings (SSSR count). The van der Waals surface area contributed by atoms with Crippen LogP contribution in [0.5, 0.6) is 0 Å². The monoisotopic (exact) mass is 273 g/mol. The van der Waals surface area contributed by atoms with E-state index in [0.29, 0.717) is 0 Å². The Labute approximate surface area is 115 Å². The van der Waals surface area contributed by atoms with Gasteiger partial charge in [0, 0.05) is 22.3 Å². The maximum Gasteiger partial charge on any atom is 0.142 e. The number of rotatable bonds is 3. The molecule has 3 heterocycles. The number of aromatic nitrogens is 4. The molecule has 0 bridgehead atoms. The number of nitrogens with zero attached hydrogens (tertiary/aromatic N) is 4. The normalized spacial score (nSPS) is 11.6. The van der Waals surface area contributed by atoms with Crippen molar-refractivity contribution >= 4 is 21.6 Å². The molecule has 0 saturated heterocycles. The molecule has 1 N–H and O–H groups in total. The maximum atomic E-state index is 4.60. The molecular weight excluding hydrogens is 258 g/mol. The van der Waals surface area contributed by atoms with Gasteiger partial charge in [0.25, 0.3) is 0 Å². The summed E-state index contributed by atoms with van der Waals surface area (Å²) in [6, 6.07) is 2.11. The van der Waals surface area contributed by atoms with E-state index < -0.39 is 0 Å². The Morgan fingerprint density at radius 1 is 1.32 bits per heavy atom. The molecule has 0 saturated carbocycles. The van der Waals surface area contributed by atoms with Gasteiger partial charge in [-0.05, 0) is 27.1 Å². The Morgan fingerprint density at radius 2 is 2.16 bits per heavy atom. The average Bonchev–Trinajstić information content (AvgIpc) is 2.93. The molecule has 0 unspecified atom stereocenters. The van der Waals surface area contributed by atoms with Gasteiger partial charge in [0.2, 0.25) is 0 Å². The fourth-order valence-electron chi connectivity index (χ4n) is 1.97. The highest BCUT2D eigenvalue weighted by molar-refractivity contribution is 7.22. The Bertz CT molecular complexity index is 713. The molecule has 5 nitrogen and oxygen atoms in total. The van der Waals surface area contributed by atoms with Crippen LogP contribution >= 0.6 is 11.3 Å². The Morgan fingerprint density at radius 3 is 2.84 bits per heavy atom. The van der Waals surface area contributed by atoms with Gasteiger partial charge in [0.15, 0.2) is 0 Å². The second-order valence-electron chi connectivity index (χ2n) is 4.79. The topological polar surface area (TPSA) is 57.7 Å². The first-order chi connectivity index (χ1) is 9.13. The molecule has 0 aliphatic rings. The van der Waals surface area contributed by atoms with Crippen molar-refractivity contribution in [2.24, 2.45) is 0 Å². The lowest BCUT2D eigenvalue weighted by Gasteiger charge is -2.06. The average molecular weight is 273 g/mol. The van der Waals surface area contributed by atoms with Crippen molar-refractivity contribution in [3.63, 3.8) is 0 Å². The molecule has 0 aliphatic carbocycles. The van der Waals surface area contributed by atoms with Crippen molar-refractivity contribution in [2.75, 3.05) is 14.1 Å². The zero-order valence-corrected chi connectivity index (χ0v) is 12.0. The minimum absolute atomic E-state index is 0.756. The first-order valence-corrected chi connectivity index (χ1v) is 6.85. The molecule has 0 fully saturated rings. The molecule has 0 atom stereocenters. The van der Waals surface area contributed by atoms with Crippen LogP contribution in [0.3, 0.4) is 0 Å². The van der Waals surface area contributed by atoms with Gasteiger partial charge in [-0.1, -0.05) is 0 Å². The number of thiophene rings is 1. The maximum absolute atomic E-state index is 4.60. The van der Waals surface area contributed by atoms with E-state index in [-0.39, 0.29) is 0 Å². The summed E-state index contributed by atoms with van der Waals surface area (Å²) in [6.07, 6.45) is 3.76. The van der Waals surface area contributed by atoms with E-state index >= 15 is 0 Å². The summed E-state index contributed by atoms with van der Waals surface area (Å²) in [5, 5.41) is 7.03. The number of nitrogens with one attached hydrogen (secondary N) is 1. The number of hydrogen-bond donors (Lipinski definition) is 1. The van der Waals surface area contributed by atoms with Crippen molar-refractivity contribution in [2.45, 2.75) is 13.5 Å². The smallest absolute Gasteiger partial charge is 0.142 e. The Kier molecular flexibility index (Phi) is 3.04. The van der Waals surface area contributed by atoms with Crippen LogP contribution in [0, 0.1) is 6.92 Å². The molecule has 19 heavy (non-hydrogen) atoms. The summed E-state index contributed by atoms with van der Waals surface area (Å²) in [7, 11) is 4.03. The standard InChI is InChI=1S/C13H15N5S/c1-8-9(5-15-17-8)11-4-10-12(19-11)6-14-13(16-10)7-18(2)3/h4-6H,7H2,1-3H3,(H,15,17). The summed E-state index contributed by atoms with van der Waals surface area (Å²) < 4.78 is 1.11. The molecule has 0 radical (unpaired) electrons. The minimum atomic E-state index is 0.756. The lowest BCUT2D eigenvalue weighted by atomic mass is 10.2. The van der Waals surface area contributed by atoms with E-state index in [9.17, 15) is 0 Å². The zero-order valence-electron chi connectivity index (χ0n) is 11.1. The van der Waals surface area contributed by atoms with E-state index in [0.717, 1.165) is 33.8 Å². The quantitative estimate of drug-likeness (QED) is 0.796. The highest BCUT2D eigenvalue weighted by Gasteiger charge is 2.10. The first-order valence-electron chi connectivity index (χ1n) is 6.04. The minimum Gasteiger partial charge on any atom is -0.302 e. The van der Waals surface area contributed by atoms with Crippen molar-refractivity contribution in [3.8, 4) is 10.4 Å². The van der Waals surface area contributed by atoms with Gasteiger partial charge < -0.3 is 4.90 Å². The number of H-pyrrole nitrogens is 1. The number of fused-ring (bicyclic) bond motifs is 1. The summed E-state index contributed by atoms with van der Waals surface area (Å²) in [6.45, 7) is 2.78. The lowest BCUT2D eigenvalue weighted by Crippen LogP contribution is -2.12. The van der Waals surface area contributed by atoms with Gasteiger partial charge in [-0.15, -0.1) is 11.3 Å². The lowest BCUT2D eigenvalue weighted by molar-refractivity contribution is 0.391. The second-order valence-corrected chi connectivity index (χ2v) is 5.88. The highest BCUT2D eigenvalue weighted by Crippen LogP contribution is 2.33. The molecule has 0 aliphatic heterocycles. The van der Waals surface area contributed by atoms with Gasteiger partial charge in [-0.25, -0.2) is 9.97 Å². The summed E-state index contributed by atoms with van der Waals surface area (Å²) in [4.78, 5) is 12.2. The Balaban J connectivity index is 2.04. The van der Waals surface area contributed by atoms with Gasteiger partial charge in [0.05, 0.1) is 23.0 Å². The molecule has 0 spiro atoms. The van der Waals surface area contributed by atoms with Crippen molar-refractivity contribution < 1.29 is 0 Å². The highest BCUT2D eigenvalue weighted by atomic mass is 32.1. The van der Waals surface area contributed by atoms with Crippen LogP contribution in [0.1, 0.15) is 11.5 Å². The van der Waals surface area contributed by atoms with Crippen molar-refractivity contribution in [1.29, 1.82) is 0 Å². The number of aryl methyl sites for hydroxylation is 1. The largest absolute Gasteiger partial charge is 0.302 e. The van der Waals surface area contributed by atoms with E-state index in [2.05, 4.69) is 31.1 Å². The molecule has 6 heteroatoms. The van der Waals surface area contributed by atoms with Crippen LogP contribution in [0.2, 0.25) is 0 Å². The van der Waals surface area contributed by atoms with E-state index in [1.54, 1.807) is 11.3 Å². The summed E-state index contributed by atoms with van der Waals surface area (Å²) in [5.41, 5.74) is 3.22. The fourth-order valence-corrected chi connectivity index (χ4v) is 3.01. The molecule has 98 valence electrons.